The lowest BCUT2D eigenvalue weighted by Crippen LogP contribution is -3.16. The van der Waals surface area contributed by atoms with Gasteiger partial charge >= 0.3 is 6.09 Å². The number of para-hydroxylation sites is 1. The number of benzene rings is 1. The van der Waals surface area contributed by atoms with E-state index < -0.39 is 80.1 Å². The molecule has 2 aromatic rings. The maximum atomic E-state index is 15.0. The largest absolute Gasteiger partial charge is 0.554 e. The third-order valence-electron chi connectivity index (χ3n) is 15.5. The van der Waals surface area contributed by atoms with Crippen LogP contribution in [0.5, 0.6) is 11.6 Å². The van der Waals surface area contributed by atoms with Gasteiger partial charge in [-0.15, -0.1) is 6.58 Å². The average Bonchev–Trinajstić information content (AvgIpc) is 4.27. The van der Waals surface area contributed by atoms with Gasteiger partial charge in [-0.2, -0.15) is 0 Å². The van der Waals surface area contributed by atoms with Crippen LogP contribution in [0.2, 0.25) is 0 Å². The van der Waals surface area contributed by atoms with Gasteiger partial charge in [-0.25, -0.2) is 18.2 Å². The number of quaternary nitrogens is 1. The van der Waals surface area contributed by atoms with Crippen LogP contribution in [0.4, 0.5) is 4.79 Å². The molecule has 2 unspecified atom stereocenters. The van der Waals surface area contributed by atoms with Crippen LogP contribution in [0.3, 0.4) is 0 Å². The molecule has 4 bridgehead atoms. The summed E-state index contributed by atoms with van der Waals surface area (Å²) in [6.45, 7) is 15.0. The summed E-state index contributed by atoms with van der Waals surface area (Å²) < 4.78 is 59.4. The van der Waals surface area contributed by atoms with E-state index in [1.165, 1.54) is 15.9 Å². The van der Waals surface area contributed by atoms with Crippen molar-refractivity contribution in [1.29, 1.82) is 0 Å². The number of hydrogen-bond acceptors (Lipinski definition) is 14. The molecule has 3 saturated carbocycles. The number of piperidine rings is 1. The number of carboxylic acid groups (broad SMARTS) is 1. The molecule has 5 heterocycles. The molecule has 9 rings (SSSR count). The second kappa shape index (κ2) is 20.6. The Bertz CT molecular complexity index is 2410. The van der Waals surface area contributed by atoms with Crippen LogP contribution in [-0.2, 0) is 49.8 Å². The van der Waals surface area contributed by atoms with Crippen molar-refractivity contribution >= 4 is 51.2 Å². The minimum absolute atomic E-state index is 0.0177. The number of alkyl carbamates (subject to hydrolysis) is 1. The SMILES string of the molecule is C=C[C@@H]1C[C@]1(NC(=O)[C@@H]1C[C@@H]2CN1C(=O)[C@H](C(C)(C)C)NC(=O)O[C@@H]1C[C@H]1CCCCCc1c(nc3ccccc3c1OC1C3COCC1C[NH+](CCOC)C3)O2)C(=O)NS(=O)(=O)C1(C)CC1.O=C[O-]. The summed E-state index contributed by atoms with van der Waals surface area (Å²) in [6, 6.07) is 5.61. The molecule has 4 N–H and O–H groups in total. The monoisotopic (exact) mass is 994 g/mol. The van der Waals surface area contributed by atoms with Crippen LogP contribution in [-0.4, -0.2) is 142 Å². The van der Waals surface area contributed by atoms with Crippen LogP contribution in [0.1, 0.15) is 91.0 Å². The topological polar surface area (TPSA) is 245 Å². The number of aromatic nitrogens is 1. The van der Waals surface area contributed by atoms with Crippen molar-refractivity contribution in [3.05, 3.63) is 42.5 Å². The molecule has 384 valence electrons. The van der Waals surface area contributed by atoms with E-state index in [0.717, 1.165) is 68.4 Å². The van der Waals surface area contributed by atoms with Gasteiger partial charge in [0.05, 0.1) is 67.1 Å². The number of likely N-dealkylation sites (tertiary alicyclic amines) is 1. The van der Waals surface area contributed by atoms with Gasteiger partial charge in [0.1, 0.15) is 48.2 Å². The highest BCUT2D eigenvalue weighted by Gasteiger charge is 2.63. The maximum absolute atomic E-state index is 15.0. The maximum Gasteiger partial charge on any atom is 0.408 e. The van der Waals surface area contributed by atoms with Gasteiger partial charge in [0.2, 0.25) is 27.7 Å². The number of rotatable bonds is 11. The second-order valence-electron chi connectivity index (χ2n) is 21.7. The first-order valence-electron chi connectivity index (χ1n) is 24.8. The standard InChI is InChI=1S/C49H68N6O11S.CH2O2/c1-7-32-23-49(32,45(58)53-67(60,61)48(5)17-18-48)52-42(56)37-22-33-26-55(37)44(57)41(47(2,3)4)51-46(59)65-38-21-29(38)13-9-8-10-15-35-40(34-14-11-12-16-36(34)50-43(35)64-33)66-39-30-24-54(19-20-62-6)25-31(39)28-63-27-30;2-1-3/h7,11-12,14,16,29-33,37-39,41H,1,8-10,13,15,17-28H2,2-6H3,(H,51,59)(H,52,56)(H,53,58);1H,(H,2,3)/t29-,30?,31?,32-,33-,37+,38-,39?,41-,49-;/m1./s1. The summed E-state index contributed by atoms with van der Waals surface area (Å²) >= 11 is 0. The molecule has 4 aliphatic heterocycles. The molecule has 20 heteroatoms. The first-order chi connectivity index (χ1) is 33.3. The first-order valence-corrected chi connectivity index (χ1v) is 26.3. The molecule has 3 saturated heterocycles. The number of methoxy groups -OCH3 is 1. The van der Waals surface area contributed by atoms with Gasteiger partial charge in [0, 0.05) is 31.3 Å². The summed E-state index contributed by atoms with van der Waals surface area (Å²) in [7, 11) is -2.29. The highest BCUT2D eigenvalue weighted by molar-refractivity contribution is 7.91. The Labute approximate surface area is 410 Å². The van der Waals surface area contributed by atoms with Crippen LogP contribution >= 0.6 is 0 Å². The molecule has 4 amide bonds. The number of carbonyl (C=O) groups excluding carboxylic acids is 5. The summed E-state index contributed by atoms with van der Waals surface area (Å²) in [6.07, 6.45) is 5.67. The van der Waals surface area contributed by atoms with Crippen LogP contribution in [0.25, 0.3) is 10.9 Å². The second-order valence-corrected chi connectivity index (χ2v) is 23.9. The fraction of sp³-hybridized carbons (Fsp3) is 0.680. The van der Waals surface area contributed by atoms with Crippen molar-refractivity contribution in [3.8, 4) is 11.6 Å². The molecule has 70 heavy (non-hydrogen) atoms. The van der Waals surface area contributed by atoms with Crippen molar-refractivity contribution in [2.75, 3.05) is 53.1 Å². The minimum atomic E-state index is -4.03. The number of amides is 4. The van der Waals surface area contributed by atoms with Gasteiger partial charge < -0.3 is 54.0 Å². The molecule has 6 fully saturated rings. The predicted octanol–water partition coefficient (Wildman–Crippen LogP) is 1.21. The summed E-state index contributed by atoms with van der Waals surface area (Å²) in [5.74, 6) is -0.903. The molecule has 19 nitrogen and oxygen atoms in total. The molecule has 3 aliphatic carbocycles. The van der Waals surface area contributed by atoms with Gasteiger partial charge in [-0.05, 0) is 75.3 Å². The zero-order chi connectivity index (χ0) is 50.2. The Morgan fingerprint density at radius 2 is 1.79 bits per heavy atom. The molecule has 7 aliphatic rings. The van der Waals surface area contributed by atoms with Crippen molar-refractivity contribution in [1.82, 2.24) is 25.2 Å². The Balaban J connectivity index is 0.00000214. The number of pyridine rings is 1. The highest BCUT2D eigenvalue weighted by Crippen LogP contribution is 2.48. The number of sulfonamides is 1. The van der Waals surface area contributed by atoms with Crippen molar-refractivity contribution < 1.29 is 66.1 Å². The fourth-order valence-electron chi connectivity index (χ4n) is 10.9. The van der Waals surface area contributed by atoms with Crippen LogP contribution in [0.15, 0.2) is 36.9 Å². The zero-order valence-corrected chi connectivity index (χ0v) is 41.8. The molecule has 1 aromatic heterocycles. The van der Waals surface area contributed by atoms with E-state index in [-0.39, 0.29) is 49.3 Å². The van der Waals surface area contributed by atoms with Gasteiger partial charge in [0.15, 0.2) is 0 Å². The number of fused-ring (bicyclic) bond motifs is 7. The first kappa shape index (κ1) is 51.3. The van der Waals surface area contributed by atoms with E-state index in [0.29, 0.717) is 50.5 Å². The van der Waals surface area contributed by atoms with E-state index in [2.05, 4.69) is 21.9 Å². The zero-order valence-electron chi connectivity index (χ0n) is 41.0. The lowest BCUT2D eigenvalue weighted by molar-refractivity contribution is -0.915. The van der Waals surface area contributed by atoms with Crippen molar-refractivity contribution in [2.45, 2.75) is 133 Å². The van der Waals surface area contributed by atoms with E-state index in [1.54, 1.807) is 14.0 Å². The van der Waals surface area contributed by atoms with Gasteiger partial charge in [-0.3, -0.25) is 19.1 Å². The van der Waals surface area contributed by atoms with E-state index in [1.807, 2.05) is 45.0 Å². The average molecular weight is 995 g/mol. The molecule has 0 radical (unpaired) electrons. The number of ether oxygens (including phenoxy) is 5. The van der Waals surface area contributed by atoms with Gasteiger partial charge in [-0.1, -0.05) is 51.8 Å². The molecule has 0 spiro atoms. The smallest absolute Gasteiger partial charge is 0.408 e. The van der Waals surface area contributed by atoms with Crippen molar-refractivity contribution in [3.63, 3.8) is 0 Å². The Kier molecular flexibility index (Phi) is 15.1. The third kappa shape index (κ3) is 10.9. The number of hydrogen-bond donors (Lipinski definition) is 4. The minimum Gasteiger partial charge on any atom is -0.554 e. The Morgan fingerprint density at radius 1 is 1.07 bits per heavy atom. The normalized spacial score (nSPS) is 32.6. The molecular weight excluding hydrogens is 925 g/mol. The van der Waals surface area contributed by atoms with Crippen LogP contribution < -0.4 is 34.8 Å². The van der Waals surface area contributed by atoms with Gasteiger partial charge in [0.25, 0.3) is 5.91 Å². The number of carbonyl (C=O) groups is 5. The molecular formula is C50H70N6O13S. The van der Waals surface area contributed by atoms with E-state index in [4.69, 9.17) is 38.6 Å². The lowest BCUT2D eigenvalue weighted by Gasteiger charge is -2.44. The summed E-state index contributed by atoms with van der Waals surface area (Å²) in [4.78, 5) is 73.4. The quantitative estimate of drug-likeness (QED) is 0.183. The Hall–Kier alpha value is -5.05. The highest BCUT2D eigenvalue weighted by atomic mass is 32.2. The van der Waals surface area contributed by atoms with Crippen molar-refractivity contribution in [2.24, 2.45) is 29.1 Å². The fourth-order valence-corrected chi connectivity index (χ4v) is 12.2. The lowest BCUT2D eigenvalue weighted by atomic mass is 9.84. The summed E-state index contributed by atoms with van der Waals surface area (Å²) in [5.41, 5.74) is -0.888. The number of nitrogens with zero attached hydrogens (tertiary/aromatic N) is 2. The summed E-state index contributed by atoms with van der Waals surface area (Å²) in [5, 5.41) is 14.9. The Morgan fingerprint density at radius 3 is 2.44 bits per heavy atom. The van der Waals surface area contributed by atoms with Crippen LogP contribution in [0, 0.1) is 29.1 Å². The molecule has 9 atom stereocenters. The van der Waals surface area contributed by atoms with E-state index >= 15 is 0 Å². The predicted molar refractivity (Wildman–Crippen MR) is 253 cm³/mol. The molecule has 1 aromatic carbocycles. The van der Waals surface area contributed by atoms with E-state index in [9.17, 15) is 27.6 Å². The third-order valence-corrected chi connectivity index (χ3v) is 17.7. The number of nitrogens with one attached hydrogen (secondary N) is 4.